The highest BCUT2D eigenvalue weighted by atomic mass is 35.5. The number of pyridine rings is 1. The van der Waals surface area contributed by atoms with Crippen molar-refractivity contribution in [1.82, 2.24) is 24.1 Å². The fourth-order valence-electron chi connectivity index (χ4n) is 4.78. The first-order valence-corrected chi connectivity index (χ1v) is 13.4. The molecule has 0 amide bonds. The van der Waals surface area contributed by atoms with Gasteiger partial charge in [0.25, 0.3) is 5.92 Å². The second-order valence-corrected chi connectivity index (χ2v) is 11.2. The van der Waals surface area contributed by atoms with Crippen molar-refractivity contribution < 1.29 is 18.6 Å². The van der Waals surface area contributed by atoms with E-state index in [1.165, 1.54) is 13.2 Å². The van der Waals surface area contributed by atoms with E-state index in [1.807, 2.05) is 37.1 Å². The van der Waals surface area contributed by atoms with Crippen molar-refractivity contribution in [1.29, 1.82) is 0 Å². The summed E-state index contributed by atoms with van der Waals surface area (Å²) in [6.07, 6.45) is 3.57. The molecule has 0 bridgehead atoms. The molecule has 4 heterocycles. The van der Waals surface area contributed by atoms with Crippen LogP contribution in [0.3, 0.4) is 0 Å². The van der Waals surface area contributed by atoms with Crippen LogP contribution < -0.4 is 4.74 Å². The number of hydrogen-bond acceptors (Lipinski definition) is 6. The number of rotatable bonds is 7. The normalized spacial score (nSPS) is 12.5. The second-order valence-electron chi connectivity index (χ2n) is 9.69. The molecule has 0 unspecified atom stereocenters. The van der Waals surface area contributed by atoms with E-state index in [4.69, 9.17) is 16.3 Å². The molecule has 0 fully saturated rings. The number of benzene rings is 1. The molecule has 5 aromatic rings. The molecular weight excluding hydrogens is 544 g/mol. The monoisotopic (exact) mass is 571 g/mol. The number of nitrogens with zero attached hydrogens (tertiary/aromatic N) is 5. The third-order valence-electron chi connectivity index (χ3n) is 7.22. The molecule has 4 aromatic heterocycles. The summed E-state index contributed by atoms with van der Waals surface area (Å²) < 4.78 is 36.9. The lowest BCUT2D eigenvalue weighted by atomic mass is 9.86. The van der Waals surface area contributed by atoms with Crippen molar-refractivity contribution in [3.8, 4) is 5.88 Å². The number of ether oxygens (including phenoxy) is 1. The molecule has 39 heavy (non-hydrogen) atoms. The number of alkyl halides is 2. The smallest absolute Gasteiger partial charge is 0.279 e. The molecule has 0 radical (unpaired) electrons. The lowest BCUT2D eigenvalue weighted by molar-refractivity contribution is 0.0215. The largest absolute Gasteiger partial charge is 0.481 e. The summed E-state index contributed by atoms with van der Waals surface area (Å²) in [7, 11) is 5.19. The molecule has 0 aliphatic heterocycles. The summed E-state index contributed by atoms with van der Waals surface area (Å²) >= 11 is 8.00. The van der Waals surface area contributed by atoms with Gasteiger partial charge in [-0.1, -0.05) is 17.7 Å². The lowest BCUT2D eigenvalue weighted by Gasteiger charge is -2.30. The van der Waals surface area contributed by atoms with Crippen molar-refractivity contribution in [2.24, 2.45) is 14.1 Å². The van der Waals surface area contributed by atoms with Crippen LogP contribution in [0.5, 0.6) is 5.88 Å². The molecule has 11 heteroatoms. The Balaban J connectivity index is 1.70. The van der Waals surface area contributed by atoms with E-state index in [1.54, 1.807) is 36.7 Å². The topological polar surface area (TPSA) is 78.0 Å². The fraction of sp³-hybridized carbons (Fsp3) is 0.321. The molecule has 0 aliphatic rings. The van der Waals surface area contributed by atoms with Crippen LogP contribution in [0.2, 0.25) is 5.02 Å². The number of hydrogen-bond donors (Lipinski definition) is 1. The number of aromatic nitrogens is 5. The van der Waals surface area contributed by atoms with Crippen LogP contribution in [0.1, 0.15) is 50.8 Å². The van der Waals surface area contributed by atoms with Crippen molar-refractivity contribution in [2.75, 3.05) is 7.11 Å². The molecular formula is C28H28ClF2N5O2S. The van der Waals surface area contributed by atoms with Crippen molar-refractivity contribution in [3.05, 3.63) is 91.7 Å². The Morgan fingerprint density at radius 3 is 2.13 bits per heavy atom. The number of aryl methyl sites for hydroxylation is 2. The van der Waals surface area contributed by atoms with Gasteiger partial charge >= 0.3 is 0 Å². The maximum absolute atomic E-state index is 13.8. The Bertz CT molecular complexity index is 1660. The first kappa shape index (κ1) is 27.2. The Labute approximate surface area is 233 Å². The number of methoxy groups -OCH3 is 1. The average Bonchev–Trinajstić information content (AvgIpc) is 3.60. The molecule has 7 nitrogen and oxygen atoms in total. The highest BCUT2D eigenvalue weighted by Crippen LogP contribution is 2.42. The minimum atomic E-state index is -2.92. The Hall–Kier alpha value is -3.34. The SMILES string of the molecule is COc1nc2ccc(C(O)(c3cnc(C)n3C)c3cnc(C)n3C)cc2c(Cl)c1Cc1ccc(C(C)(F)F)s1. The van der Waals surface area contributed by atoms with Crippen LogP contribution in [-0.4, -0.2) is 36.3 Å². The van der Waals surface area contributed by atoms with Crippen LogP contribution in [-0.2, 0) is 32.0 Å². The average molecular weight is 572 g/mol. The van der Waals surface area contributed by atoms with Crippen molar-refractivity contribution >= 4 is 33.8 Å². The first-order chi connectivity index (χ1) is 18.4. The Morgan fingerprint density at radius 2 is 1.64 bits per heavy atom. The molecule has 1 N–H and O–H groups in total. The zero-order valence-corrected chi connectivity index (χ0v) is 24.0. The van der Waals surface area contributed by atoms with Gasteiger partial charge in [-0.25, -0.2) is 23.7 Å². The predicted octanol–water partition coefficient (Wildman–Crippen LogP) is 6.03. The van der Waals surface area contributed by atoms with E-state index in [-0.39, 0.29) is 11.3 Å². The van der Waals surface area contributed by atoms with Crippen LogP contribution in [0, 0.1) is 13.8 Å². The highest BCUT2D eigenvalue weighted by Gasteiger charge is 2.40. The standard InChI is InChI=1S/C28H28ClF2N5O2S/c1-15-32-13-22(35(15)4)28(37,23-14-33-16(2)36(23)5)17-7-9-21-19(11-17)25(29)20(26(34-21)38-6)12-18-8-10-24(39-18)27(3,30)31/h7-11,13-14,37H,12H2,1-6H3. The zero-order valence-electron chi connectivity index (χ0n) is 22.4. The summed E-state index contributed by atoms with van der Waals surface area (Å²) in [5.41, 5.74) is 1.20. The highest BCUT2D eigenvalue weighted by molar-refractivity contribution is 7.12. The maximum atomic E-state index is 13.8. The number of thiophene rings is 1. The molecule has 0 spiro atoms. The van der Waals surface area contributed by atoms with E-state index in [0.717, 1.165) is 29.9 Å². The minimum Gasteiger partial charge on any atom is -0.481 e. The van der Waals surface area contributed by atoms with E-state index >= 15 is 0 Å². The van der Waals surface area contributed by atoms with Crippen molar-refractivity contribution in [2.45, 2.75) is 38.7 Å². The van der Waals surface area contributed by atoms with Gasteiger partial charge in [0.05, 0.1) is 46.3 Å². The number of fused-ring (bicyclic) bond motifs is 1. The van der Waals surface area contributed by atoms with Gasteiger partial charge in [-0.3, -0.25) is 0 Å². The van der Waals surface area contributed by atoms with E-state index < -0.39 is 11.5 Å². The number of halogens is 3. The minimum absolute atomic E-state index is 0.0216. The quantitative estimate of drug-likeness (QED) is 0.258. The third-order valence-corrected chi connectivity index (χ3v) is 8.91. The maximum Gasteiger partial charge on any atom is 0.279 e. The van der Waals surface area contributed by atoms with Crippen LogP contribution >= 0.6 is 22.9 Å². The molecule has 0 saturated heterocycles. The fourth-order valence-corrected chi connectivity index (χ4v) is 6.03. The van der Waals surface area contributed by atoms with Gasteiger partial charge in [-0.05, 0) is 43.7 Å². The Kier molecular flexibility index (Phi) is 6.77. The van der Waals surface area contributed by atoms with Gasteiger partial charge in [0, 0.05) is 43.3 Å². The van der Waals surface area contributed by atoms with Gasteiger partial charge in [-0.2, -0.15) is 0 Å². The predicted molar refractivity (Wildman–Crippen MR) is 148 cm³/mol. The molecule has 0 aliphatic carbocycles. The molecule has 5 rings (SSSR count). The number of imidazole rings is 2. The van der Waals surface area contributed by atoms with Crippen molar-refractivity contribution in [3.63, 3.8) is 0 Å². The third kappa shape index (κ3) is 4.50. The second kappa shape index (κ2) is 9.69. The van der Waals surface area contributed by atoms with Crippen LogP contribution in [0.15, 0.2) is 42.7 Å². The Morgan fingerprint density at radius 1 is 1.03 bits per heavy atom. The molecule has 204 valence electrons. The van der Waals surface area contributed by atoms with E-state index in [9.17, 15) is 13.9 Å². The van der Waals surface area contributed by atoms with Gasteiger partial charge in [0.2, 0.25) is 5.88 Å². The molecule has 0 saturated carbocycles. The number of aliphatic hydroxyl groups is 1. The lowest BCUT2D eigenvalue weighted by Crippen LogP contribution is -2.33. The van der Waals surface area contributed by atoms with Gasteiger partial charge in [-0.15, -0.1) is 11.3 Å². The zero-order chi connectivity index (χ0) is 28.3. The summed E-state index contributed by atoms with van der Waals surface area (Å²) in [6.45, 7) is 4.61. The molecule has 1 aromatic carbocycles. The molecule has 0 atom stereocenters. The van der Waals surface area contributed by atoms with Crippen LogP contribution in [0.25, 0.3) is 10.9 Å². The van der Waals surface area contributed by atoms with Crippen LogP contribution in [0.4, 0.5) is 8.78 Å². The summed E-state index contributed by atoms with van der Waals surface area (Å²) in [5.74, 6) is -1.13. The summed E-state index contributed by atoms with van der Waals surface area (Å²) in [6, 6.07) is 8.48. The van der Waals surface area contributed by atoms with Gasteiger partial charge in [0.1, 0.15) is 11.6 Å². The summed E-state index contributed by atoms with van der Waals surface area (Å²) in [5, 5.41) is 13.4. The van der Waals surface area contributed by atoms with Gasteiger partial charge in [0.15, 0.2) is 5.60 Å². The van der Waals surface area contributed by atoms with E-state index in [2.05, 4.69) is 15.0 Å². The van der Waals surface area contributed by atoms with Gasteiger partial charge < -0.3 is 19.0 Å². The van der Waals surface area contributed by atoms with E-state index in [0.29, 0.717) is 49.2 Å². The first-order valence-electron chi connectivity index (χ1n) is 12.2. The summed E-state index contributed by atoms with van der Waals surface area (Å²) in [4.78, 5) is 14.2.